The fourth-order valence-corrected chi connectivity index (χ4v) is 8.78. The van der Waals surface area contributed by atoms with E-state index in [0.717, 1.165) is 44.9 Å². The summed E-state index contributed by atoms with van der Waals surface area (Å²) in [6.45, 7) is 3.79. The Morgan fingerprint density at radius 3 is 1.33 bits per heavy atom. The molecule has 0 aromatic heterocycles. The first-order chi connectivity index (χ1) is 30.5. The van der Waals surface area contributed by atoms with Crippen LogP contribution in [0.2, 0.25) is 0 Å². The summed E-state index contributed by atoms with van der Waals surface area (Å²) in [5.41, 5.74) is 0. The predicted molar refractivity (Wildman–Crippen MR) is 252 cm³/mol. The molecule has 1 heterocycles. The Hall–Kier alpha value is -1.61. The summed E-state index contributed by atoms with van der Waals surface area (Å²) >= 11 is 0. The third kappa shape index (κ3) is 35.3. The van der Waals surface area contributed by atoms with E-state index in [4.69, 9.17) is 18.9 Å². The molecule has 0 aromatic rings. The Morgan fingerprint density at radius 2 is 0.905 bits per heavy atom. The van der Waals surface area contributed by atoms with Crippen LogP contribution in [0, 0.1) is 0 Å². The average Bonchev–Trinajstić information content (AvgIpc) is 3.25. The van der Waals surface area contributed by atoms with E-state index in [2.05, 4.69) is 26.0 Å². The van der Waals surface area contributed by atoms with Crippen LogP contribution in [0.15, 0.2) is 12.2 Å². The van der Waals surface area contributed by atoms with Crippen LogP contribution < -0.4 is 0 Å². The summed E-state index contributed by atoms with van der Waals surface area (Å²) < 4.78 is 54.2. The number of aliphatic hydroxyl groups excluding tert-OH is 3. The molecule has 6 atom stereocenters. The van der Waals surface area contributed by atoms with Crippen molar-refractivity contribution in [2.75, 3.05) is 19.0 Å². The number of allylic oxidation sites excluding steroid dienone is 2. The quantitative estimate of drug-likeness (QED) is 0.0196. The van der Waals surface area contributed by atoms with Gasteiger partial charge in [0.1, 0.15) is 36.8 Å². The van der Waals surface area contributed by atoms with Gasteiger partial charge in [-0.2, -0.15) is 8.42 Å². The number of esters is 2. The molecular formula is C50H94O12S. The van der Waals surface area contributed by atoms with Gasteiger partial charge in [0.25, 0.3) is 10.1 Å². The van der Waals surface area contributed by atoms with E-state index in [1.165, 1.54) is 154 Å². The van der Waals surface area contributed by atoms with Gasteiger partial charge in [0, 0.05) is 12.8 Å². The molecule has 12 nitrogen and oxygen atoms in total. The van der Waals surface area contributed by atoms with Crippen LogP contribution in [0.25, 0.3) is 0 Å². The van der Waals surface area contributed by atoms with E-state index >= 15 is 0 Å². The minimum absolute atomic E-state index is 0.168. The topological polar surface area (TPSA) is 186 Å². The molecule has 372 valence electrons. The van der Waals surface area contributed by atoms with E-state index in [0.29, 0.717) is 12.8 Å². The van der Waals surface area contributed by atoms with Crippen LogP contribution in [-0.2, 0) is 38.7 Å². The first kappa shape index (κ1) is 59.4. The van der Waals surface area contributed by atoms with Crippen LogP contribution in [0.4, 0.5) is 0 Å². The second kappa shape index (κ2) is 40.6. The number of carbonyl (C=O) groups excluding carboxylic acids is 2. The highest BCUT2D eigenvalue weighted by atomic mass is 32.2. The van der Waals surface area contributed by atoms with Crippen LogP contribution in [0.1, 0.15) is 239 Å². The van der Waals surface area contributed by atoms with Crippen LogP contribution in [0.3, 0.4) is 0 Å². The summed E-state index contributed by atoms with van der Waals surface area (Å²) in [7, 11) is -4.60. The molecular weight excluding hydrogens is 825 g/mol. The molecule has 0 aliphatic carbocycles. The number of hydrogen-bond acceptors (Lipinski definition) is 11. The second-order valence-corrected chi connectivity index (χ2v) is 19.7. The lowest BCUT2D eigenvalue weighted by molar-refractivity contribution is -0.297. The molecule has 0 saturated carbocycles. The van der Waals surface area contributed by atoms with E-state index < -0.39 is 71.2 Å². The monoisotopic (exact) mass is 919 g/mol. The predicted octanol–water partition coefficient (Wildman–Crippen LogP) is 11.4. The normalized spacial score (nSPS) is 19.7. The number of hydrogen-bond donors (Lipinski definition) is 4. The number of ether oxygens (including phenoxy) is 4. The highest BCUT2D eigenvalue weighted by molar-refractivity contribution is 7.85. The second-order valence-electron chi connectivity index (χ2n) is 18.2. The maximum absolute atomic E-state index is 12.9. The van der Waals surface area contributed by atoms with E-state index in [1.807, 2.05) is 0 Å². The zero-order chi connectivity index (χ0) is 46.2. The smallest absolute Gasteiger partial charge is 0.306 e. The maximum Gasteiger partial charge on any atom is 0.306 e. The van der Waals surface area contributed by atoms with Gasteiger partial charge in [0.2, 0.25) is 0 Å². The molecule has 0 radical (unpaired) electrons. The van der Waals surface area contributed by atoms with Crippen LogP contribution in [0.5, 0.6) is 0 Å². The minimum Gasteiger partial charge on any atom is -0.462 e. The van der Waals surface area contributed by atoms with Gasteiger partial charge in [0.15, 0.2) is 12.4 Å². The van der Waals surface area contributed by atoms with Crippen molar-refractivity contribution in [2.24, 2.45) is 0 Å². The van der Waals surface area contributed by atoms with E-state index in [9.17, 15) is 37.9 Å². The highest BCUT2D eigenvalue weighted by Crippen LogP contribution is 2.24. The zero-order valence-electron chi connectivity index (χ0n) is 40.0. The molecule has 1 aliphatic rings. The van der Waals surface area contributed by atoms with Crippen molar-refractivity contribution in [3.05, 3.63) is 12.2 Å². The summed E-state index contributed by atoms with van der Waals surface area (Å²) in [6.07, 6.45) is 35.4. The first-order valence-electron chi connectivity index (χ1n) is 25.7. The molecule has 0 aromatic carbocycles. The molecule has 0 spiro atoms. The molecule has 1 aliphatic heterocycles. The van der Waals surface area contributed by atoms with Gasteiger partial charge in [-0.3, -0.25) is 14.1 Å². The van der Waals surface area contributed by atoms with Gasteiger partial charge in [-0.25, -0.2) is 0 Å². The van der Waals surface area contributed by atoms with E-state index in [-0.39, 0.29) is 19.4 Å². The number of carbonyl (C=O) groups is 2. The molecule has 13 heteroatoms. The Kier molecular flexibility index (Phi) is 38.3. The average molecular weight is 919 g/mol. The summed E-state index contributed by atoms with van der Waals surface area (Å²) in [4.78, 5) is 25.5. The minimum atomic E-state index is -4.60. The van der Waals surface area contributed by atoms with Crippen molar-refractivity contribution in [1.82, 2.24) is 0 Å². The molecule has 1 fully saturated rings. The zero-order valence-corrected chi connectivity index (χ0v) is 40.8. The fourth-order valence-electron chi connectivity index (χ4n) is 8.09. The molecule has 4 N–H and O–H groups in total. The van der Waals surface area contributed by atoms with Gasteiger partial charge in [-0.05, 0) is 38.5 Å². The van der Waals surface area contributed by atoms with Gasteiger partial charge < -0.3 is 34.3 Å². The standard InChI is InChI=1S/C50H94O12S/c1-3-5-7-9-11-13-15-17-19-20-21-22-23-25-27-29-31-33-35-37-39-46(52)61-43(41-60-50-49(55)48(54)47(53)44(62-50)42-63(56,57)58)40-59-45(51)38-36-34-32-30-28-26-24-18-16-14-12-10-8-6-4-2/h26,28,43-44,47-50,53-55H,3-25,27,29-42H2,1-2H3,(H,56,57,58)/b28-26+/t43-,44-,47-,48?,49?,50+/m1/s1. The molecule has 1 saturated heterocycles. The third-order valence-electron chi connectivity index (χ3n) is 12.1. The van der Waals surface area contributed by atoms with Gasteiger partial charge >= 0.3 is 11.9 Å². The fraction of sp³-hybridized carbons (Fsp3) is 0.920. The lowest BCUT2D eigenvalue weighted by Gasteiger charge is -2.40. The molecule has 63 heavy (non-hydrogen) atoms. The summed E-state index contributed by atoms with van der Waals surface area (Å²) in [5.74, 6) is -1.98. The lowest BCUT2D eigenvalue weighted by atomic mass is 10.00. The highest BCUT2D eigenvalue weighted by Gasteiger charge is 2.46. The van der Waals surface area contributed by atoms with Crippen molar-refractivity contribution in [3.8, 4) is 0 Å². The lowest BCUT2D eigenvalue weighted by Crippen LogP contribution is -2.60. The Labute approximate surface area is 384 Å². The Bertz CT molecular complexity index is 1210. The van der Waals surface area contributed by atoms with Crippen molar-refractivity contribution in [1.29, 1.82) is 0 Å². The number of aliphatic hydroxyl groups is 3. The SMILES string of the molecule is CCCCCCCCCC/C=C/CCCCCC(=O)OC[C@H](CO[C@H]1O[C@H](CS(=O)(=O)O)[C@@H](O)C(O)C1O)OC(=O)CCCCCCCCCCCCCCCCCCCCCC. The van der Waals surface area contributed by atoms with E-state index in [1.54, 1.807) is 0 Å². The van der Waals surface area contributed by atoms with Crippen molar-refractivity contribution >= 4 is 22.1 Å². The number of rotatable bonds is 44. The largest absolute Gasteiger partial charge is 0.462 e. The van der Waals surface area contributed by atoms with Gasteiger partial charge in [0.05, 0.1) is 6.61 Å². The van der Waals surface area contributed by atoms with Crippen molar-refractivity contribution in [2.45, 2.75) is 275 Å². The molecule has 0 amide bonds. The van der Waals surface area contributed by atoms with Gasteiger partial charge in [-0.1, -0.05) is 199 Å². The first-order valence-corrected chi connectivity index (χ1v) is 27.4. The molecule has 0 bridgehead atoms. The van der Waals surface area contributed by atoms with Crippen LogP contribution in [-0.4, -0.2) is 96.0 Å². The molecule has 1 rings (SSSR count). The molecule has 2 unspecified atom stereocenters. The third-order valence-corrected chi connectivity index (χ3v) is 12.8. The Balaban J connectivity index is 2.37. The van der Waals surface area contributed by atoms with Crippen molar-refractivity contribution in [3.63, 3.8) is 0 Å². The van der Waals surface area contributed by atoms with Crippen molar-refractivity contribution < 1.29 is 56.8 Å². The summed E-state index contributed by atoms with van der Waals surface area (Å²) in [5, 5.41) is 31.0. The number of unbranched alkanes of at least 4 members (excludes halogenated alkanes) is 30. The maximum atomic E-state index is 12.9. The summed E-state index contributed by atoms with van der Waals surface area (Å²) in [6, 6.07) is 0. The van der Waals surface area contributed by atoms with Crippen LogP contribution >= 0.6 is 0 Å². The Morgan fingerprint density at radius 1 is 0.524 bits per heavy atom. The van der Waals surface area contributed by atoms with Gasteiger partial charge in [-0.15, -0.1) is 0 Å².